The molecule has 6 heteroatoms. The summed E-state index contributed by atoms with van der Waals surface area (Å²) in [5.74, 6) is -0.295. The Morgan fingerprint density at radius 2 is 2.39 bits per heavy atom. The number of carbonyl (C=O) groups is 1. The van der Waals surface area contributed by atoms with E-state index in [1.165, 1.54) is 11.3 Å². The molecule has 0 aliphatic carbocycles. The minimum atomic E-state index is -0.965. The highest BCUT2D eigenvalue weighted by Gasteiger charge is 2.22. The Morgan fingerprint density at radius 3 is 3.00 bits per heavy atom. The number of hydrogen-bond acceptors (Lipinski definition) is 5. The number of carboxylic acids is 1. The van der Waals surface area contributed by atoms with E-state index < -0.39 is 12.0 Å². The van der Waals surface area contributed by atoms with Gasteiger partial charge in [0, 0.05) is 23.3 Å². The van der Waals surface area contributed by atoms with Gasteiger partial charge in [-0.25, -0.2) is 9.78 Å². The average molecular weight is 264 g/mol. The van der Waals surface area contributed by atoms with E-state index in [0.29, 0.717) is 16.4 Å². The zero-order valence-corrected chi connectivity index (χ0v) is 10.5. The van der Waals surface area contributed by atoms with Crippen molar-refractivity contribution in [2.45, 2.75) is 6.04 Å². The van der Waals surface area contributed by atoms with E-state index in [-0.39, 0.29) is 0 Å². The molecule has 0 saturated carbocycles. The minimum Gasteiger partial charge on any atom is -0.497 e. The molecule has 0 bridgehead atoms. The van der Waals surface area contributed by atoms with Crippen LogP contribution in [0.15, 0.2) is 35.8 Å². The van der Waals surface area contributed by atoms with E-state index >= 15 is 0 Å². The first-order valence-electron chi connectivity index (χ1n) is 5.23. The number of thiazole rings is 1. The molecular formula is C12H12N2O3S. The molecule has 2 rings (SSSR count). The molecule has 1 aromatic carbocycles. The first-order valence-corrected chi connectivity index (χ1v) is 6.11. The van der Waals surface area contributed by atoms with Crippen LogP contribution in [0.4, 0.5) is 5.69 Å². The largest absolute Gasteiger partial charge is 0.497 e. The van der Waals surface area contributed by atoms with Crippen molar-refractivity contribution in [2.75, 3.05) is 12.4 Å². The zero-order chi connectivity index (χ0) is 13.0. The predicted molar refractivity (Wildman–Crippen MR) is 69.1 cm³/mol. The summed E-state index contributed by atoms with van der Waals surface area (Å²) in [6.45, 7) is 0. The van der Waals surface area contributed by atoms with Crippen molar-refractivity contribution in [1.82, 2.24) is 4.98 Å². The molecule has 0 saturated heterocycles. The first kappa shape index (κ1) is 12.4. The maximum atomic E-state index is 11.2. The number of anilines is 1. The number of nitrogens with one attached hydrogen (secondary N) is 1. The average Bonchev–Trinajstić information content (AvgIpc) is 2.89. The minimum absolute atomic E-state index is 0.519. The second kappa shape index (κ2) is 5.50. The number of carboxylic acid groups (broad SMARTS) is 1. The zero-order valence-electron chi connectivity index (χ0n) is 9.66. The maximum Gasteiger partial charge on any atom is 0.333 e. The van der Waals surface area contributed by atoms with Crippen molar-refractivity contribution in [3.63, 3.8) is 0 Å². The van der Waals surface area contributed by atoms with Crippen LogP contribution >= 0.6 is 11.3 Å². The number of aromatic nitrogens is 1. The molecule has 2 N–H and O–H groups in total. The van der Waals surface area contributed by atoms with Gasteiger partial charge in [0.25, 0.3) is 0 Å². The van der Waals surface area contributed by atoms with Gasteiger partial charge in [0.05, 0.1) is 7.11 Å². The molecule has 18 heavy (non-hydrogen) atoms. The third kappa shape index (κ3) is 2.78. The highest BCUT2D eigenvalue weighted by Crippen LogP contribution is 2.24. The topological polar surface area (TPSA) is 71.5 Å². The van der Waals surface area contributed by atoms with Crippen LogP contribution in [0.3, 0.4) is 0 Å². The molecule has 0 fully saturated rings. The molecule has 0 amide bonds. The molecular weight excluding hydrogens is 252 g/mol. The lowest BCUT2D eigenvalue weighted by Crippen LogP contribution is -2.20. The molecule has 0 aliphatic rings. The molecule has 1 atom stereocenters. The fraction of sp³-hybridized carbons (Fsp3) is 0.167. The Balaban J connectivity index is 2.21. The standard InChI is InChI=1S/C12H12N2O3S/c1-17-9-4-2-3-8(7-9)14-10(12(15)16)11-13-5-6-18-11/h2-7,10,14H,1H3,(H,15,16). The highest BCUT2D eigenvalue weighted by molar-refractivity contribution is 7.09. The quantitative estimate of drug-likeness (QED) is 0.867. The van der Waals surface area contributed by atoms with Crippen molar-refractivity contribution in [1.29, 1.82) is 0 Å². The van der Waals surface area contributed by atoms with Crippen molar-refractivity contribution in [3.8, 4) is 5.75 Å². The number of rotatable bonds is 5. The third-order valence-corrected chi connectivity index (χ3v) is 3.17. The molecule has 94 valence electrons. The van der Waals surface area contributed by atoms with Crippen LogP contribution < -0.4 is 10.1 Å². The Hall–Kier alpha value is -2.08. The van der Waals surface area contributed by atoms with Gasteiger partial charge in [0.2, 0.25) is 0 Å². The van der Waals surface area contributed by atoms with Gasteiger partial charge in [-0.1, -0.05) is 6.07 Å². The SMILES string of the molecule is COc1cccc(NC(C(=O)O)c2nccs2)c1. The van der Waals surface area contributed by atoms with E-state index in [1.807, 2.05) is 0 Å². The normalized spacial score (nSPS) is 11.8. The van der Waals surface area contributed by atoms with Gasteiger partial charge in [-0.2, -0.15) is 0 Å². The van der Waals surface area contributed by atoms with E-state index in [2.05, 4.69) is 10.3 Å². The smallest absolute Gasteiger partial charge is 0.333 e. The number of benzene rings is 1. The van der Waals surface area contributed by atoms with Gasteiger partial charge in [-0.15, -0.1) is 11.3 Å². The second-order valence-corrected chi connectivity index (χ2v) is 4.44. The van der Waals surface area contributed by atoms with Crippen LogP contribution in [0.1, 0.15) is 11.0 Å². The highest BCUT2D eigenvalue weighted by atomic mass is 32.1. The van der Waals surface area contributed by atoms with Crippen LogP contribution in [0.2, 0.25) is 0 Å². The van der Waals surface area contributed by atoms with Gasteiger partial charge in [-0.3, -0.25) is 0 Å². The van der Waals surface area contributed by atoms with Crippen LogP contribution in [-0.4, -0.2) is 23.2 Å². The van der Waals surface area contributed by atoms with Gasteiger partial charge in [0.15, 0.2) is 6.04 Å². The van der Waals surface area contributed by atoms with Crippen molar-refractivity contribution >= 4 is 23.0 Å². The summed E-state index contributed by atoms with van der Waals surface area (Å²) in [5.41, 5.74) is 0.678. The molecule has 5 nitrogen and oxygen atoms in total. The summed E-state index contributed by atoms with van der Waals surface area (Å²) in [5, 5.41) is 14.4. The fourth-order valence-electron chi connectivity index (χ4n) is 1.49. The summed E-state index contributed by atoms with van der Waals surface area (Å²) < 4.78 is 5.09. The molecule has 2 aromatic rings. The van der Waals surface area contributed by atoms with Crippen LogP contribution in [-0.2, 0) is 4.79 Å². The molecule has 0 aliphatic heterocycles. The van der Waals surface area contributed by atoms with Crippen molar-refractivity contribution < 1.29 is 14.6 Å². The van der Waals surface area contributed by atoms with E-state index in [4.69, 9.17) is 4.74 Å². The Labute approximate surface area is 108 Å². The van der Waals surface area contributed by atoms with E-state index in [9.17, 15) is 9.90 Å². The van der Waals surface area contributed by atoms with Gasteiger partial charge in [-0.05, 0) is 12.1 Å². The van der Waals surface area contributed by atoms with Crippen molar-refractivity contribution in [3.05, 3.63) is 40.8 Å². The Morgan fingerprint density at radius 1 is 1.56 bits per heavy atom. The summed E-state index contributed by atoms with van der Waals surface area (Å²) in [7, 11) is 1.56. The molecule has 1 unspecified atom stereocenters. The lowest BCUT2D eigenvalue weighted by Gasteiger charge is -2.13. The monoisotopic (exact) mass is 264 g/mol. The lowest BCUT2D eigenvalue weighted by molar-refractivity contribution is -0.138. The second-order valence-electron chi connectivity index (χ2n) is 3.52. The molecule has 0 spiro atoms. The molecule has 1 heterocycles. The maximum absolute atomic E-state index is 11.2. The lowest BCUT2D eigenvalue weighted by atomic mass is 10.2. The third-order valence-electron chi connectivity index (χ3n) is 2.33. The number of methoxy groups -OCH3 is 1. The predicted octanol–water partition coefficient (Wildman–Crippen LogP) is 2.39. The molecule has 0 radical (unpaired) electrons. The van der Waals surface area contributed by atoms with Crippen LogP contribution in [0.5, 0.6) is 5.75 Å². The number of aliphatic carboxylic acids is 1. The number of hydrogen-bond donors (Lipinski definition) is 2. The van der Waals surface area contributed by atoms with E-state index in [0.717, 1.165) is 0 Å². The number of nitrogens with zero attached hydrogens (tertiary/aromatic N) is 1. The van der Waals surface area contributed by atoms with Gasteiger partial charge in [0.1, 0.15) is 10.8 Å². The van der Waals surface area contributed by atoms with Crippen LogP contribution in [0.25, 0.3) is 0 Å². The summed E-state index contributed by atoms with van der Waals surface area (Å²) in [6, 6.07) is 6.26. The summed E-state index contributed by atoms with van der Waals surface area (Å²) in [4.78, 5) is 15.3. The Bertz CT molecular complexity index is 528. The van der Waals surface area contributed by atoms with Crippen LogP contribution in [0, 0.1) is 0 Å². The van der Waals surface area contributed by atoms with Gasteiger partial charge < -0.3 is 15.2 Å². The van der Waals surface area contributed by atoms with E-state index in [1.54, 1.807) is 43.0 Å². The van der Waals surface area contributed by atoms with Gasteiger partial charge >= 0.3 is 5.97 Å². The first-order chi connectivity index (χ1) is 8.70. The summed E-state index contributed by atoms with van der Waals surface area (Å²) in [6.07, 6.45) is 1.59. The summed E-state index contributed by atoms with van der Waals surface area (Å²) >= 11 is 1.30. The number of ether oxygens (including phenoxy) is 1. The van der Waals surface area contributed by atoms with Crippen molar-refractivity contribution in [2.24, 2.45) is 0 Å². The Kier molecular flexibility index (Phi) is 3.78. The molecule has 1 aromatic heterocycles. The fourth-order valence-corrected chi connectivity index (χ4v) is 2.16.